The molecule has 0 fully saturated rings. The van der Waals surface area contributed by atoms with E-state index >= 15 is 0 Å². The van der Waals surface area contributed by atoms with Crippen molar-refractivity contribution in [1.29, 1.82) is 0 Å². The van der Waals surface area contributed by atoms with Crippen LogP contribution in [0.5, 0.6) is 0 Å². The molecule has 1 aromatic carbocycles. The van der Waals surface area contributed by atoms with Crippen molar-refractivity contribution in [2.75, 3.05) is 11.9 Å². The van der Waals surface area contributed by atoms with Crippen LogP contribution in [-0.4, -0.2) is 29.0 Å². The van der Waals surface area contributed by atoms with Gasteiger partial charge >= 0.3 is 5.97 Å². The first-order valence-corrected chi connectivity index (χ1v) is 6.03. The average Bonchev–Trinajstić information content (AvgIpc) is 2.46. The van der Waals surface area contributed by atoms with Crippen molar-refractivity contribution >= 4 is 17.6 Å². The van der Waals surface area contributed by atoms with E-state index in [9.17, 15) is 9.59 Å². The number of rotatable bonds is 3. The quantitative estimate of drug-likeness (QED) is 0.929. The lowest BCUT2D eigenvalue weighted by molar-refractivity contribution is 0.0695. The Morgan fingerprint density at radius 3 is 2.50 bits per heavy atom. The summed E-state index contributed by atoms with van der Waals surface area (Å²) < 4.78 is 0. The molecule has 0 spiro atoms. The second-order valence-corrected chi connectivity index (χ2v) is 4.44. The third kappa shape index (κ3) is 2.83. The van der Waals surface area contributed by atoms with E-state index in [2.05, 4.69) is 4.98 Å². The third-order valence-corrected chi connectivity index (χ3v) is 2.92. The van der Waals surface area contributed by atoms with Crippen LogP contribution in [0.1, 0.15) is 26.4 Å². The molecule has 102 valence electrons. The standard InChI is InChI=1S/C15H14N2O3/c1-10-4-3-5-12(8-10)17(2)14(18)13-7-6-11(9-16-13)15(19)20/h3-9H,1-2H3,(H,19,20). The molecular formula is C15H14N2O3. The van der Waals surface area contributed by atoms with E-state index in [1.807, 2.05) is 31.2 Å². The molecule has 5 nitrogen and oxygen atoms in total. The zero-order valence-corrected chi connectivity index (χ0v) is 11.2. The van der Waals surface area contributed by atoms with Gasteiger partial charge in [-0.3, -0.25) is 9.78 Å². The monoisotopic (exact) mass is 270 g/mol. The molecule has 1 amide bonds. The van der Waals surface area contributed by atoms with Crippen LogP contribution in [0.2, 0.25) is 0 Å². The Kier molecular flexibility index (Phi) is 3.79. The van der Waals surface area contributed by atoms with Crippen LogP contribution < -0.4 is 4.90 Å². The largest absolute Gasteiger partial charge is 0.478 e. The fraction of sp³-hybridized carbons (Fsp3) is 0.133. The van der Waals surface area contributed by atoms with Gasteiger partial charge in [0.25, 0.3) is 5.91 Å². The first kappa shape index (κ1) is 13.7. The van der Waals surface area contributed by atoms with E-state index in [4.69, 9.17) is 5.11 Å². The first-order valence-electron chi connectivity index (χ1n) is 6.03. The van der Waals surface area contributed by atoms with Gasteiger partial charge in [-0.05, 0) is 36.8 Å². The Morgan fingerprint density at radius 1 is 1.20 bits per heavy atom. The van der Waals surface area contributed by atoms with Crippen molar-refractivity contribution in [2.45, 2.75) is 6.92 Å². The molecule has 2 rings (SSSR count). The van der Waals surface area contributed by atoms with Crippen LogP contribution >= 0.6 is 0 Å². The smallest absolute Gasteiger partial charge is 0.337 e. The summed E-state index contributed by atoms with van der Waals surface area (Å²) in [4.78, 5) is 28.4. The van der Waals surface area contributed by atoms with Crippen molar-refractivity contribution in [3.63, 3.8) is 0 Å². The molecule has 1 N–H and O–H groups in total. The molecule has 5 heteroatoms. The van der Waals surface area contributed by atoms with E-state index in [1.54, 1.807) is 7.05 Å². The molecule has 0 aliphatic rings. The highest BCUT2D eigenvalue weighted by Gasteiger charge is 2.15. The first-order chi connectivity index (χ1) is 9.49. The molecular weight excluding hydrogens is 256 g/mol. The van der Waals surface area contributed by atoms with E-state index in [1.165, 1.54) is 23.2 Å². The molecule has 1 heterocycles. The van der Waals surface area contributed by atoms with E-state index in [0.717, 1.165) is 11.3 Å². The van der Waals surface area contributed by atoms with E-state index in [0.29, 0.717) is 0 Å². The topological polar surface area (TPSA) is 70.5 Å². The minimum atomic E-state index is -1.07. The molecule has 0 saturated heterocycles. The predicted molar refractivity (Wildman–Crippen MR) is 75.1 cm³/mol. The number of hydrogen-bond acceptors (Lipinski definition) is 3. The Bertz CT molecular complexity index is 650. The van der Waals surface area contributed by atoms with Gasteiger partial charge < -0.3 is 10.0 Å². The van der Waals surface area contributed by atoms with Crippen molar-refractivity contribution in [3.05, 3.63) is 59.4 Å². The Hall–Kier alpha value is -2.69. The summed E-state index contributed by atoms with van der Waals surface area (Å²) in [5, 5.41) is 8.80. The number of anilines is 1. The highest BCUT2D eigenvalue weighted by atomic mass is 16.4. The van der Waals surface area contributed by atoms with Gasteiger partial charge in [0.05, 0.1) is 5.56 Å². The molecule has 0 aliphatic carbocycles. The van der Waals surface area contributed by atoms with Gasteiger partial charge in [-0.1, -0.05) is 12.1 Å². The molecule has 0 bridgehead atoms. The third-order valence-electron chi connectivity index (χ3n) is 2.92. The molecule has 1 aromatic heterocycles. The Morgan fingerprint density at radius 2 is 1.95 bits per heavy atom. The number of carbonyl (C=O) groups excluding carboxylic acids is 1. The highest BCUT2D eigenvalue weighted by molar-refractivity contribution is 6.04. The summed E-state index contributed by atoms with van der Waals surface area (Å²) in [6.07, 6.45) is 1.18. The molecule has 0 saturated carbocycles. The van der Waals surface area contributed by atoms with E-state index < -0.39 is 5.97 Å². The number of carbonyl (C=O) groups is 2. The maximum Gasteiger partial charge on any atom is 0.337 e. The maximum atomic E-state index is 12.3. The number of aryl methyl sites for hydroxylation is 1. The number of hydrogen-bond donors (Lipinski definition) is 1. The van der Waals surface area contributed by atoms with Crippen LogP contribution in [0.25, 0.3) is 0 Å². The normalized spacial score (nSPS) is 10.1. The van der Waals surface area contributed by atoms with Gasteiger partial charge in [0.2, 0.25) is 0 Å². The summed E-state index contributed by atoms with van der Waals surface area (Å²) >= 11 is 0. The number of aromatic nitrogens is 1. The van der Waals surface area contributed by atoms with Gasteiger partial charge in [0, 0.05) is 18.9 Å². The summed E-state index contributed by atoms with van der Waals surface area (Å²) in [6.45, 7) is 1.95. The average molecular weight is 270 g/mol. The Balaban J connectivity index is 2.24. The second kappa shape index (κ2) is 5.52. The van der Waals surface area contributed by atoms with Crippen molar-refractivity contribution in [3.8, 4) is 0 Å². The van der Waals surface area contributed by atoms with Gasteiger partial charge in [-0.2, -0.15) is 0 Å². The number of nitrogens with zero attached hydrogens (tertiary/aromatic N) is 2. The predicted octanol–water partition coefficient (Wildman–Crippen LogP) is 2.36. The number of carboxylic acids is 1. The zero-order chi connectivity index (χ0) is 14.7. The van der Waals surface area contributed by atoms with Crippen molar-refractivity contribution in [2.24, 2.45) is 0 Å². The number of benzene rings is 1. The lowest BCUT2D eigenvalue weighted by atomic mass is 10.2. The Labute approximate surface area is 116 Å². The lowest BCUT2D eigenvalue weighted by Crippen LogP contribution is -2.27. The fourth-order valence-electron chi connectivity index (χ4n) is 1.77. The van der Waals surface area contributed by atoms with Gasteiger partial charge in [-0.25, -0.2) is 4.79 Å². The zero-order valence-electron chi connectivity index (χ0n) is 11.2. The molecule has 0 radical (unpaired) electrons. The number of pyridine rings is 1. The van der Waals surface area contributed by atoms with Crippen molar-refractivity contribution < 1.29 is 14.7 Å². The summed E-state index contributed by atoms with van der Waals surface area (Å²) in [6, 6.07) is 10.3. The maximum absolute atomic E-state index is 12.3. The lowest BCUT2D eigenvalue weighted by Gasteiger charge is -2.17. The fourth-order valence-corrected chi connectivity index (χ4v) is 1.77. The molecule has 0 atom stereocenters. The number of aromatic carboxylic acids is 1. The van der Waals surface area contributed by atoms with Gasteiger partial charge in [-0.15, -0.1) is 0 Å². The van der Waals surface area contributed by atoms with Crippen LogP contribution in [0.3, 0.4) is 0 Å². The van der Waals surface area contributed by atoms with Crippen molar-refractivity contribution in [1.82, 2.24) is 4.98 Å². The molecule has 0 unspecified atom stereocenters. The van der Waals surface area contributed by atoms with Crippen LogP contribution in [0.15, 0.2) is 42.6 Å². The van der Waals surface area contributed by atoms with Crippen LogP contribution in [0.4, 0.5) is 5.69 Å². The minimum absolute atomic E-state index is 0.0553. The molecule has 2 aromatic rings. The summed E-state index contributed by atoms with van der Waals surface area (Å²) in [5.74, 6) is -1.35. The number of amides is 1. The minimum Gasteiger partial charge on any atom is -0.478 e. The van der Waals surface area contributed by atoms with Crippen LogP contribution in [-0.2, 0) is 0 Å². The highest BCUT2D eigenvalue weighted by Crippen LogP contribution is 2.16. The number of carboxylic acid groups (broad SMARTS) is 1. The molecule has 20 heavy (non-hydrogen) atoms. The van der Waals surface area contributed by atoms with E-state index in [-0.39, 0.29) is 17.2 Å². The SMILES string of the molecule is Cc1cccc(N(C)C(=O)c2ccc(C(=O)O)cn2)c1. The van der Waals surface area contributed by atoms with Gasteiger partial charge in [0.15, 0.2) is 0 Å². The van der Waals surface area contributed by atoms with Crippen LogP contribution in [0, 0.1) is 6.92 Å². The molecule has 0 aliphatic heterocycles. The summed E-state index contributed by atoms with van der Waals surface area (Å²) in [5.41, 5.74) is 2.08. The second-order valence-electron chi connectivity index (χ2n) is 4.44. The van der Waals surface area contributed by atoms with Gasteiger partial charge in [0.1, 0.15) is 5.69 Å². The summed E-state index contributed by atoms with van der Waals surface area (Å²) in [7, 11) is 1.66.